The maximum Gasteiger partial charge on any atom is 0.227 e. The number of amides is 1. The summed E-state index contributed by atoms with van der Waals surface area (Å²) in [6, 6.07) is 10.1. The Bertz CT molecular complexity index is 877. The van der Waals surface area contributed by atoms with Gasteiger partial charge < -0.3 is 4.90 Å². The zero-order valence-corrected chi connectivity index (χ0v) is 14.9. The number of halogens is 1. The molecule has 1 atom stereocenters. The molecule has 0 radical (unpaired) electrons. The lowest BCUT2D eigenvalue weighted by atomic mass is 10.1. The first-order valence-electron chi connectivity index (χ1n) is 8.54. The van der Waals surface area contributed by atoms with Crippen molar-refractivity contribution < 1.29 is 9.18 Å². The second kappa shape index (κ2) is 7.33. The van der Waals surface area contributed by atoms with Crippen LogP contribution in [-0.2, 0) is 17.8 Å². The Hall–Kier alpha value is -2.61. The fourth-order valence-electron chi connectivity index (χ4n) is 3.25. The molecular formula is C18H18FN5OS. The minimum atomic E-state index is -0.293. The highest BCUT2D eigenvalue weighted by Gasteiger charge is 2.29. The van der Waals surface area contributed by atoms with Crippen LogP contribution in [0.15, 0.2) is 41.8 Å². The van der Waals surface area contributed by atoms with Crippen LogP contribution in [0.4, 0.5) is 4.39 Å². The molecule has 1 saturated heterocycles. The van der Waals surface area contributed by atoms with Crippen molar-refractivity contribution in [3.8, 4) is 10.7 Å². The Morgan fingerprint density at radius 1 is 1.27 bits per heavy atom. The van der Waals surface area contributed by atoms with E-state index in [-0.39, 0.29) is 24.2 Å². The number of hydrogen-bond donors (Lipinski definition) is 0. The highest BCUT2D eigenvalue weighted by Crippen LogP contribution is 2.22. The van der Waals surface area contributed by atoms with Gasteiger partial charge in [-0.3, -0.25) is 4.79 Å². The van der Waals surface area contributed by atoms with E-state index >= 15 is 0 Å². The molecule has 6 nitrogen and oxygen atoms in total. The molecule has 1 aromatic carbocycles. The Labute approximate surface area is 154 Å². The van der Waals surface area contributed by atoms with Crippen molar-refractivity contribution in [2.45, 2.75) is 31.8 Å². The summed E-state index contributed by atoms with van der Waals surface area (Å²) in [5, 5.41) is 14.6. The fraction of sp³-hybridized carbons (Fsp3) is 0.333. The average Bonchev–Trinajstić information content (AvgIpc) is 3.38. The van der Waals surface area contributed by atoms with Gasteiger partial charge in [0, 0.05) is 6.54 Å². The van der Waals surface area contributed by atoms with Crippen molar-refractivity contribution >= 4 is 17.2 Å². The van der Waals surface area contributed by atoms with Crippen LogP contribution in [0.3, 0.4) is 0 Å². The first kappa shape index (κ1) is 16.8. The Balaban J connectivity index is 1.41. The van der Waals surface area contributed by atoms with Crippen molar-refractivity contribution in [2.75, 3.05) is 6.54 Å². The summed E-state index contributed by atoms with van der Waals surface area (Å²) in [7, 11) is 0. The second-order valence-corrected chi connectivity index (χ2v) is 7.28. The number of nitrogens with zero attached hydrogens (tertiary/aromatic N) is 5. The van der Waals surface area contributed by atoms with Crippen molar-refractivity contribution in [3.63, 3.8) is 0 Å². The lowest BCUT2D eigenvalue weighted by Crippen LogP contribution is -2.39. The summed E-state index contributed by atoms with van der Waals surface area (Å²) in [6.45, 7) is 1.27. The highest BCUT2D eigenvalue weighted by atomic mass is 32.1. The summed E-state index contributed by atoms with van der Waals surface area (Å²) >= 11 is 1.57. The summed E-state index contributed by atoms with van der Waals surface area (Å²) in [4.78, 5) is 17.1. The molecule has 1 fully saturated rings. The van der Waals surface area contributed by atoms with Gasteiger partial charge in [0.25, 0.3) is 0 Å². The first-order valence-corrected chi connectivity index (χ1v) is 9.42. The van der Waals surface area contributed by atoms with Crippen LogP contribution >= 0.6 is 11.3 Å². The van der Waals surface area contributed by atoms with Gasteiger partial charge in [-0.1, -0.05) is 18.2 Å². The molecule has 0 N–H and O–H groups in total. The molecule has 0 saturated carbocycles. The predicted octanol–water partition coefficient (Wildman–Crippen LogP) is 2.77. The number of aromatic nitrogens is 4. The minimum absolute atomic E-state index is 0.0534. The lowest BCUT2D eigenvalue weighted by molar-refractivity contribution is -0.131. The normalized spacial score (nSPS) is 17.0. The molecule has 0 unspecified atom stereocenters. The number of rotatable bonds is 5. The van der Waals surface area contributed by atoms with Crippen molar-refractivity contribution in [1.82, 2.24) is 25.1 Å². The van der Waals surface area contributed by atoms with E-state index in [1.165, 1.54) is 12.1 Å². The standard InChI is InChI=1S/C18H18FN5OS/c19-14-7-5-13(6-8-14)11-17(25)23-9-1-3-15(23)12-24-21-18(20-22-24)16-4-2-10-26-16/h2,4-8,10,15H,1,3,9,11-12H2/t15-/m0/s1. The Morgan fingerprint density at radius 3 is 2.88 bits per heavy atom. The molecule has 0 bridgehead atoms. The molecule has 1 aliphatic heterocycles. The predicted molar refractivity (Wildman–Crippen MR) is 96.0 cm³/mol. The third-order valence-electron chi connectivity index (χ3n) is 4.53. The maximum absolute atomic E-state index is 13.0. The topological polar surface area (TPSA) is 63.9 Å². The number of hydrogen-bond acceptors (Lipinski definition) is 5. The van der Waals surface area contributed by atoms with E-state index in [9.17, 15) is 9.18 Å². The molecule has 1 aliphatic rings. The molecule has 3 heterocycles. The first-order chi connectivity index (χ1) is 12.7. The third-order valence-corrected chi connectivity index (χ3v) is 5.40. The van der Waals surface area contributed by atoms with E-state index in [2.05, 4.69) is 15.4 Å². The van der Waals surface area contributed by atoms with Gasteiger partial charge in [0.1, 0.15) is 5.82 Å². The van der Waals surface area contributed by atoms with Crippen LogP contribution in [0.5, 0.6) is 0 Å². The molecule has 134 valence electrons. The van der Waals surface area contributed by atoms with Crippen LogP contribution in [0.25, 0.3) is 10.7 Å². The number of carbonyl (C=O) groups is 1. The summed E-state index contributed by atoms with van der Waals surface area (Å²) < 4.78 is 13.0. The number of tetrazole rings is 1. The quantitative estimate of drug-likeness (QED) is 0.692. The molecule has 8 heteroatoms. The van der Waals surface area contributed by atoms with Gasteiger partial charge in [0.15, 0.2) is 0 Å². The Kier molecular flexibility index (Phi) is 4.75. The van der Waals surface area contributed by atoms with E-state index in [4.69, 9.17) is 0 Å². The highest BCUT2D eigenvalue weighted by molar-refractivity contribution is 7.13. The monoisotopic (exact) mass is 371 g/mol. The van der Waals surface area contributed by atoms with Gasteiger partial charge in [-0.05, 0) is 47.2 Å². The van der Waals surface area contributed by atoms with Crippen molar-refractivity contribution in [3.05, 3.63) is 53.2 Å². The van der Waals surface area contributed by atoms with Gasteiger partial charge in [-0.15, -0.1) is 21.5 Å². The number of thiophene rings is 1. The van der Waals surface area contributed by atoms with Gasteiger partial charge >= 0.3 is 0 Å². The molecule has 2 aromatic heterocycles. The van der Waals surface area contributed by atoms with Crippen molar-refractivity contribution in [2.24, 2.45) is 0 Å². The molecular weight excluding hydrogens is 353 g/mol. The molecule has 0 spiro atoms. The van der Waals surface area contributed by atoms with Gasteiger partial charge in [-0.25, -0.2) is 4.39 Å². The van der Waals surface area contributed by atoms with E-state index in [1.807, 2.05) is 22.4 Å². The van der Waals surface area contributed by atoms with Gasteiger partial charge in [0.2, 0.25) is 11.7 Å². The summed E-state index contributed by atoms with van der Waals surface area (Å²) in [5.74, 6) is 0.374. The summed E-state index contributed by atoms with van der Waals surface area (Å²) in [5.41, 5.74) is 0.820. The van der Waals surface area contributed by atoms with E-state index < -0.39 is 0 Å². The van der Waals surface area contributed by atoms with E-state index in [1.54, 1.807) is 28.3 Å². The van der Waals surface area contributed by atoms with E-state index in [0.29, 0.717) is 12.4 Å². The number of benzene rings is 1. The summed E-state index contributed by atoms with van der Waals surface area (Å²) in [6.07, 6.45) is 2.17. The molecule has 4 rings (SSSR count). The molecule has 1 amide bonds. The average molecular weight is 371 g/mol. The largest absolute Gasteiger partial charge is 0.337 e. The smallest absolute Gasteiger partial charge is 0.227 e. The zero-order valence-electron chi connectivity index (χ0n) is 14.1. The van der Waals surface area contributed by atoms with Crippen LogP contribution in [0.2, 0.25) is 0 Å². The third kappa shape index (κ3) is 3.65. The fourth-order valence-corrected chi connectivity index (χ4v) is 3.89. The van der Waals surface area contributed by atoms with Gasteiger partial charge in [-0.2, -0.15) is 4.80 Å². The molecule has 3 aromatic rings. The molecule has 0 aliphatic carbocycles. The maximum atomic E-state index is 13.0. The minimum Gasteiger partial charge on any atom is -0.337 e. The molecule has 26 heavy (non-hydrogen) atoms. The SMILES string of the molecule is O=C(Cc1ccc(F)cc1)N1CCC[C@H]1Cn1nnc(-c2cccs2)n1. The second-order valence-electron chi connectivity index (χ2n) is 6.33. The number of likely N-dealkylation sites (tertiary alicyclic amines) is 1. The van der Waals surface area contributed by atoms with Crippen LogP contribution in [0.1, 0.15) is 18.4 Å². The number of carbonyl (C=O) groups excluding carboxylic acids is 1. The van der Waals surface area contributed by atoms with Crippen LogP contribution in [0, 0.1) is 5.82 Å². The Morgan fingerprint density at radius 2 is 2.12 bits per heavy atom. The van der Waals surface area contributed by atoms with Crippen molar-refractivity contribution in [1.29, 1.82) is 0 Å². The lowest BCUT2D eigenvalue weighted by Gasteiger charge is -2.24. The van der Waals surface area contributed by atoms with Crippen LogP contribution < -0.4 is 0 Å². The van der Waals surface area contributed by atoms with E-state index in [0.717, 1.165) is 29.8 Å². The zero-order chi connectivity index (χ0) is 17.9. The van der Waals surface area contributed by atoms with Gasteiger partial charge in [0.05, 0.1) is 23.9 Å². The van der Waals surface area contributed by atoms with Crippen LogP contribution in [-0.4, -0.2) is 43.6 Å².